The summed E-state index contributed by atoms with van der Waals surface area (Å²) in [4.78, 5) is 11.4. The van der Waals surface area contributed by atoms with Crippen LogP contribution in [0.25, 0.3) is 0 Å². The van der Waals surface area contributed by atoms with Crippen molar-refractivity contribution in [3.63, 3.8) is 0 Å². The van der Waals surface area contributed by atoms with E-state index in [2.05, 4.69) is 13.8 Å². The van der Waals surface area contributed by atoms with Gasteiger partial charge in [-0.1, -0.05) is 33.1 Å². The molecule has 0 aliphatic carbocycles. The topological polar surface area (TPSA) is 26.3 Å². The first-order valence-electron chi connectivity index (χ1n) is 5.71. The van der Waals surface area contributed by atoms with Crippen molar-refractivity contribution in [2.45, 2.75) is 65.4 Å². The first kappa shape index (κ1) is 13.6. The molecule has 0 bridgehead atoms. The summed E-state index contributed by atoms with van der Waals surface area (Å²) in [6.45, 7) is 8.45. The second-order valence-corrected chi connectivity index (χ2v) is 4.09. The van der Waals surface area contributed by atoms with Gasteiger partial charge in [0.2, 0.25) is 0 Å². The van der Waals surface area contributed by atoms with E-state index >= 15 is 0 Å². The molecule has 0 N–H and O–H groups in total. The number of ether oxygens (including phenoxy) is 1. The monoisotopic (exact) mass is 200 g/mol. The summed E-state index contributed by atoms with van der Waals surface area (Å²) < 4.78 is 5.64. The Kier molecular flexibility index (Phi) is 6.81. The molecule has 0 radical (unpaired) electrons. The second kappa shape index (κ2) is 6.99. The van der Waals surface area contributed by atoms with Crippen LogP contribution in [0.1, 0.15) is 59.8 Å². The van der Waals surface area contributed by atoms with Gasteiger partial charge >= 0.3 is 0 Å². The standard InChI is InChI=1S/C12H24O2/c1-5-7-8-9-12(4,11(3)13)14-10-6-2/h5-10H2,1-4H3. The number of Topliss-reactive ketones (excluding diaryl/α,β-unsaturated/α-hetero) is 1. The fraction of sp³-hybridized carbons (Fsp3) is 0.917. The van der Waals surface area contributed by atoms with E-state index < -0.39 is 5.60 Å². The molecule has 0 aromatic rings. The number of hydrogen-bond donors (Lipinski definition) is 0. The van der Waals surface area contributed by atoms with Crippen molar-refractivity contribution in [2.24, 2.45) is 0 Å². The number of carbonyl (C=O) groups is 1. The van der Waals surface area contributed by atoms with E-state index in [1.54, 1.807) is 6.92 Å². The number of unbranched alkanes of at least 4 members (excludes halogenated alkanes) is 2. The zero-order valence-corrected chi connectivity index (χ0v) is 10.1. The minimum absolute atomic E-state index is 0.155. The van der Waals surface area contributed by atoms with Crippen molar-refractivity contribution >= 4 is 5.78 Å². The molecule has 2 heteroatoms. The van der Waals surface area contributed by atoms with Crippen molar-refractivity contribution < 1.29 is 9.53 Å². The van der Waals surface area contributed by atoms with E-state index in [9.17, 15) is 4.79 Å². The SMILES string of the molecule is CCCCCC(C)(OCCC)C(C)=O. The van der Waals surface area contributed by atoms with E-state index in [1.807, 2.05) is 6.92 Å². The van der Waals surface area contributed by atoms with Crippen molar-refractivity contribution in [1.29, 1.82) is 0 Å². The summed E-state index contributed by atoms with van der Waals surface area (Å²) >= 11 is 0. The molecule has 0 aromatic carbocycles. The van der Waals surface area contributed by atoms with Crippen LogP contribution >= 0.6 is 0 Å². The summed E-state index contributed by atoms with van der Waals surface area (Å²) in [6, 6.07) is 0. The highest BCUT2D eigenvalue weighted by molar-refractivity contribution is 5.84. The molecule has 1 unspecified atom stereocenters. The molecule has 1 atom stereocenters. The number of carbonyl (C=O) groups excluding carboxylic acids is 1. The summed E-state index contributed by atoms with van der Waals surface area (Å²) in [5.74, 6) is 0.155. The highest BCUT2D eigenvalue weighted by Crippen LogP contribution is 2.20. The largest absolute Gasteiger partial charge is 0.368 e. The zero-order chi connectivity index (χ0) is 11.0. The van der Waals surface area contributed by atoms with Gasteiger partial charge < -0.3 is 4.74 Å². The summed E-state index contributed by atoms with van der Waals surface area (Å²) in [6.07, 6.45) is 5.27. The highest BCUT2D eigenvalue weighted by Gasteiger charge is 2.29. The third kappa shape index (κ3) is 4.75. The Balaban J connectivity index is 4.03. The smallest absolute Gasteiger partial charge is 0.161 e. The average molecular weight is 200 g/mol. The van der Waals surface area contributed by atoms with E-state index in [0.29, 0.717) is 6.61 Å². The Hall–Kier alpha value is -0.370. The van der Waals surface area contributed by atoms with E-state index in [1.165, 1.54) is 12.8 Å². The molecule has 0 rings (SSSR count). The Morgan fingerprint density at radius 2 is 1.86 bits per heavy atom. The maximum Gasteiger partial charge on any atom is 0.161 e. The molecule has 0 fully saturated rings. The van der Waals surface area contributed by atoms with Crippen LogP contribution in [0.15, 0.2) is 0 Å². The number of rotatable bonds is 8. The normalized spacial score (nSPS) is 15.1. The molecule has 14 heavy (non-hydrogen) atoms. The Labute approximate surface area is 88.0 Å². The van der Waals surface area contributed by atoms with Crippen LogP contribution in [-0.4, -0.2) is 18.0 Å². The van der Waals surface area contributed by atoms with Gasteiger partial charge in [0.25, 0.3) is 0 Å². The Morgan fingerprint density at radius 1 is 1.21 bits per heavy atom. The van der Waals surface area contributed by atoms with Crippen LogP contribution in [0, 0.1) is 0 Å². The van der Waals surface area contributed by atoms with Crippen molar-refractivity contribution in [3.05, 3.63) is 0 Å². The van der Waals surface area contributed by atoms with Gasteiger partial charge in [0.15, 0.2) is 5.78 Å². The maximum absolute atomic E-state index is 11.4. The molecule has 0 aliphatic rings. The van der Waals surface area contributed by atoms with Gasteiger partial charge in [0.1, 0.15) is 5.60 Å². The van der Waals surface area contributed by atoms with Crippen LogP contribution in [0.5, 0.6) is 0 Å². The maximum atomic E-state index is 11.4. The lowest BCUT2D eigenvalue weighted by atomic mass is 9.94. The molecule has 0 saturated carbocycles. The van der Waals surface area contributed by atoms with Gasteiger partial charge in [-0.3, -0.25) is 4.79 Å². The molecule has 0 saturated heterocycles. The molecule has 0 spiro atoms. The predicted octanol–water partition coefficient (Wildman–Crippen LogP) is 3.34. The van der Waals surface area contributed by atoms with Crippen LogP contribution in [0.4, 0.5) is 0 Å². The zero-order valence-electron chi connectivity index (χ0n) is 10.1. The molecule has 2 nitrogen and oxygen atoms in total. The van der Waals surface area contributed by atoms with Crippen molar-refractivity contribution in [3.8, 4) is 0 Å². The fourth-order valence-electron chi connectivity index (χ4n) is 1.39. The Bertz CT molecular complexity index is 166. The minimum atomic E-state index is -0.537. The molecule has 0 heterocycles. The van der Waals surface area contributed by atoms with Crippen LogP contribution < -0.4 is 0 Å². The van der Waals surface area contributed by atoms with Crippen LogP contribution in [-0.2, 0) is 9.53 Å². The Morgan fingerprint density at radius 3 is 2.29 bits per heavy atom. The molecular weight excluding hydrogens is 176 g/mol. The minimum Gasteiger partial charge on any atom is -0.368 e. The highest BCUT2D eigenvalue weighted by atomic mass is 16.5. The molecule has 0 amide bonds. The van der Waals surface area contributed by atoms with E-state index in [-0.39, 0.29) is 5.78 Å². The summed E-state index contributed by atoms with van der Waals surface area (Å²) in [5, 5.41) is 0. The van der Waals surface area contributed by atoms with Crippen LogP contribution in [0.3, 0.4) is 0 Å². The molecule has 0 aliphatic heterocycles. The second-order valence-electron chi connectivity index (χ2n) is 4.09. The number of ketones is 1. The third-order valence-corrected chi connectivity index (χ3v) is 2.63. The summed E-state index contributed by atoms with van der Waals surface area (Å²) in [5.41, 5.74) is -0.537. The van der Waals surface area contributed by atoms with Gasteiger partial charge in [-0.25, -0.2) is 0 Å². The van der Waals surface area contributed by atoms with Gasteiger partial charge in [-0.2, -0.15) is 0 Å². The van der Waals surface area contributed by atoms with E-state index in [0.717, 1.165) is 19.3 Å². The summed E-state index contributed by atoms with van der Waals surface area (Å²) in [7, 11) is 0. The van der Waals surface area contributed by atoms with Gasteiger partial charge in [-0.15, -0.1) is 0 Å². The lowest BCUT2D eigenvalue weighted by molar-refractivity contribution is -0.141. The molecule has 0 aromatic heterocycles. The lowest BCUT2D eigenvalue weighted by Crippen LogP contribution is -2.37. The van der Waals surface area contributed by atoms with Crippen molar-refractivity contribution in [2.75, 3.05) is 6.61 Å². The molecular formula is C12H24O2. The van der Waals surface area contributed by atoms with Crippen LogP contribution in [0.2, 0.25) is 0 Å². The third-order valence-electron chi connectivity index (χ3n) is 2.63. The van der Waals surface area contributed by atoms with Gasteiger partial charge in [0, 0.05) is 6.61 Å². The van der Waals surface area contributed by atoms with Gasteiger partial charge in [-0.05, 0) is 26.7 Å². The molecule has 84 valence electrons. The quantitative estimate of drug-likeness (QED) is 0.562. The first-order chi connectivity index (χ1) is 6.56. The van der Waals surface area contributed by atoms with Crippen molar-refractivity contribution in [1.82, 2.24) is 0 Å². The first-order valence-corrected chi connectivity index (χ1v) is 5.71. The fourth-order valence-corrected chi connectivity index (χ4v) is 1.39. The predicted molar refractivity (Wildman–Crippen MR) is 59.5 cm³/mol. The van der Waals surface area contributed by atoms with Gasteiger partial charge in [0.05, 0.1) is 0 Å². The van der Waals surface area contributed by atoms with E-state index in [4.69, 9.17) is 4.74 Å². The average Bonchev–Trinajstić information content (AvgIpc) is 2.15. The number of hydrogen-bond acceptors (Lipinski definition) is 2. The lowest BCUT2D eigenvalue weighted by Gasteiger charge is -2.27.